The Labute approximate surface area is 102 Å². The minimum Gasteiger partial charge on any atom is -0.339 e. The van der Waals surface area contributed by atoms with Gasteiger partial charge in [-0.25, -0.2) is 9.97 Å². The monoisotopic (exact) mass is 232 g/mol. The Morgan fingerprint density at radius 1 is 1.41 bits per heavy atom. The quantitative estimate of drug-likeness (QED) is 0.796. The number of fused-ring (bicyclic) bond motifs is 1. The Morgan fingerprint density at radius 3 is 3.12 bits per heavy atom. The summed E-state index contributed by atoms with van der Waals surface area (Å²) < 4.78 is 0. The van der Waals surface area contributed by atoms with Crippen molar-refractivity contribution in [2.24, 2.45) is 5.73 Å². The molecule has 0 bridgehead atoms. The third-order valence-corrected chi connectivity index (χ3v) is 3.94. The average Bonchev–Trinajstić information content (AvgIpc) is 2.71. The van der Waals surface area contributed by atoms with Crippen molar-refractivity contribution < 1.29 is 0 Å². The van der Waals surface area contributed by atoms with Crippen LogP contribution in [-0.4, -0.2) is 29.1 Å². The molecule has 17 heavy (non-hydrogen) atoms. The highest BCUT2D eigenvalue weighted by atomic mass is 15.3. The molecule has 2 aliphatic rings. The number of nitrogens with two attached hydrogens (primary N) is 1. The first-order chi connectivity index (χ1) is 8.24. The van der Waals surface area contributed by atoms with Crippen LogP contribution < -0.4 is 10.6 Å². The van der Waals surface area contributed by atoms with Crippen molar-refractivity contribution in [3.63, 3.8) is 0 Å². The van der Waals surface area contributed by atoms with Crippen LogP contribution in [0.3, 0.4) is 0 Å². The number of anilines is 1. The maximum atomic E-state index is 6.01. The maximum Gasteiger partial charge on any atom is 0.225 e. The van der Waals surface area contributed by atoms with Gasteiger partial charge in [-0.1, -0.05) is 6.92 Å². The minimum atomic E-state index is 0.276. The molecule has 0 aromatic carbocycles. The second kappa shape index (κ2) is 4.26. The molecule has 1 fully saturated rings. The van der Waals surface area contributed by atoms with Gasteiger partial charge in [-0.2, -0.15) is 0 Å². The number of hydrogen-bond acceptors (Lipinski definition) is 4. The molecular weight excluding hydrogens is 212 g/mol. The fourth-order valence-electron chi connectivity index (χ4n) is 2.88. The van der Waals surface area contributed by atoms with Crippen LogP contribution in [-0.2, 0) is 6.42 Å². The zero-order chi connectivity index (χ0) is 11.8. The highest BCUT2D eigenvalue weighted by Crippen LogP contribution is 2.31. The van der Waals surface area contributed by atoms with Crippen LogP contribution >= 0.6 is 0 Å². The number of nitrogens with zero attached hydrogens (tertiary/aromatic N) is 3. The van der Waals surface area contributed by atoms with Gasteiger partial charge < -0.3 is 10.6 Å². The standard InChI is InChI=1S/C13H20N4/c1-9-4-5-10-7-15-13(16-12(9)10)17-6-2-3-11(14)8-17/h7,9,11H,2-6,8,14H2,1H3. The normalized spacial score (nSPS) is 28.2. The summed E-state index contributed by atoms with van der Waals surface area (Å²) in [4.78, 5) is 11.5. The highest BCUT2D eigenvalue weighted by Gasteiger charge is 2.24. The molecule has 3 rings (SSSR count). The van der Waals surface area contributed by atoms with E-state index in [0.29, 0.717) is 5.92 Å². The molecule has 0 radical (unpaired) electrons. The van der Waals surface area contributed by atoms with Gasteiger partial charge in [0.2, 0.25) is 5.95 Å². The third-order valence-electron chi connectivity index (χ3n) is 3.94. The molecule has 0 saturated carbocycles. The van der Waals surface area contributed by atoms with E-state index in [4.69, 9.17) is 10.7 Å². The summed E-state index contributed by atoms with van der Waals surface area (Å²) in [7, 11) is 0. The Bertz CT molecular complexity index is 418. The molecule has 0 spiro atoms. The van der Waals surface area contributed by atoms with Crippen LogP contribution in [0.2, 0.25) is 0 Å². The molecular formula is C13H20N4. The zero-order valence-electron chi connectivity index (χ0n) is 10.4. The molecule has 2 atom stereocenters. The first-order valence-electron chi connectivity index (χ1n) is 6.60. The molecule has 2 N–H and O–H groups in total. The van der Waals surface area contributed by atoms with Crippen molar-refractivity contribution in [2.75, 3.05) is 18.0 Å². The van der Waals surface area contributed by atoms with Gasteiger partial charge in [-0.3, -0.25) is 0 Å². The molecule has 0 amide bonds. The molecule has 1 aliphatic heterocycles. The highest BCUT2D eigenvalue weighted by molar-refractivity contribution is 5.37. The lowest BCUT2D eigenvalue weighted by Gasteiger charge is -2.31. The lowest BCUT2D eigenvalue weighted by molar-refractivity contribution is 0.499. The Morgan fingerprint density at radius 2 is 2.29 bits per heavy atom. The zero-order valence-corrected chi connectivity index (χ0v) is 10.4. The van der Waals surface area contributed by atoms with Gasteiger partial charge in [0.25, 0.3) is 0 Å². The van der Waals surface area contributed by atoms with Gasteiger partial charge in [0.05, 0.1) is 5.69 Å². The van der Waals surface area contributed by atoms with Gasteiger partial charge in [-0.15, -0.1) is 0 Å². The van der Waals surface area contributed by atoms with Crippen molar-refractivity contribution in [1.29, 1.82) is 0 Å². The largest absolute Gasteiger partial charge is 0.339 e. The van der Waals surface area contributed by atoms with Gasteiger partial charge in [0.1, 0.15) is 0 Å². The smallest absolute Gasteiger partial charge is 0.225 e. The number of aromatic nitrogens is 2. The van der Waals surface area contributed by atoms with E-state index in [1.54, 1.807) is 0 Å². The van der Waals surface area contributed by atoms with Crippen molar-refractivity contribution in [3.8, 4) is 0 Å². The van der Waals surface area contributed by atoms with Crippen LogP contribution in [0.25, 0.3) is 0 Å². The van der Waals surface area contributed by atoms with E-state index in [2.05, 4.69) is 16.8 Å². The molecule has 1 aromatic rings. The average molecular weight is 232 g/mol. The van der Waals surface area contributed by atoms with Crippen molar-refractivity contribution in [1.82, 2.24) is 9.97 Å². The number of hydrogen-bond donors (Lipinski definition) is 1. The Hall–Kier alpha value is -1.16. The predicted octanol–water partition coefficient (Wildman–Crippen LogP) is 1.45. The van der Waals surface area contributed by atoms with Crippen LogP contribution in [0.4, 0.5) is 5.95 Å². The fraction of sp³-hybridized carbons (Fsp3) is 0.692. The minimum absolute atomic E-state index is 0.276. The van der Waals surface area contributed by atoms with E-state index in [9.17, 15) is 0 Å². The lowest BCUT2D eigenvalue weighted by Crippen LogP contribution is -2.43. The van der Waals surface area contributed by atoms with E-state index in [-0.39, 0.29) is 6.04 Å². The van der Waals surface area contributed by atoms with Crippen LogP contribution in [0.1, 0.15) is 43.4 Å². The number of aryl methyl sites for hydroxylation is 1. The van der Waals surface area contributed by atoms with Crippen LogP contribution in [0, 0.1) is 0 Å². The van der Waals surface area contributed by atoms with E-state index in [0.717, 1.165) is 38.3 Å². The summed E-state index contributed by atoms with van der Waals surface area (Å²) in [5.41, 5.74) is 8.60. The molecule has 2 unspecified atom stereocenters. The second-order valence-corrected chi connectivity index (χ2v) is 5.37. The molecule has 2 heterocycles. The SMILES string of the molecule is CC1CCc2cnc(N3CCCC(N)C3)nc21. The van der Waals surface area contributed by atoms with E-state index in [1.807, 2.05) is 6.20 Å². The number of rotatable bonds is 1. The molecule has 1 aliphatic carbocycles. The molecule has 4 heteroatoms. The van der Waals surface area contributed by atoms with Crippen LogP contribution in [0.15, 0.2) is 6.20 Å². The number of piperidine rings is 1. The molecule has 4 nitrogen and oxygen atoms in total. The first kappa shape index (κ1) is 11.0. The second-order valence-electron chi connectivity index (χ2n) is 5.37. The summed E-state index contributed by atoms with van der Waals surface area (Å²) in [6.45, 7) is 4.19. The molecule has 92 valence electrons. The summed E-state index contributed by atoms with van der Waals surface area (Å²) in [5.74, 6) is 1.47. The van der Waals surface area contributed by atoms with Gasteiger partial charge in [0.15, 0.2) is 0 Å². The van der Waals surface area contributed by atoms with Gasteiger partial charge in [0, 0.05) is 25.3 Å². The maximum absolute atomic E-state index is 6.01. The Balaban J connectivity index is 1.86. The topological polar surface area (TPSA) is 55.0 Å². The van der Waals surface area contributed by atoms with Gasteiger partial charge >= 0.3 is 0 Å². The summed E-state index contributed by atoms with van der Waals surface area (Å²) in [5, 5.41) is 0. The van der Waals surface area contributed by atoms with Crippen molar-refractivity contribution in [3.05, 3.63) is 17.5 Å². The van der Waals surface area contributed by atoms with Gasteiger partial charge in [-0.05, 0) is 37.2 Å². The molecule has 1 aromatic heterocycles. The van der Waals surface area contributed by atoms with E-state index >= 15 is 0 Å². The predicted molar refractivity (Wildman–Crippen MR) is 68.2 cm³/mol. The first-order valence-corrected chi connectivity index (χ1v) is 6.60. The van der Waals surface area contributed by atoms with Crippen molar-refractivity contribution in [2.45, 2.75) is 44.6 Å². The third kappa shape index (κ3) is 2.02. The summed E-state index contributed by atoms with van der Waals surface area (Å²) in [6, 6.07) is 0.276. The summed E-state index contributed by atoms with van der Waals surface area (Å²) >= 11 is 0. The molecule has 1 saturated heterocycles. The Kier molecular flexibility index (Phi) is 2.74. The van der Waals surface area contributed by atoms with E-state index in [1.165, 1.54) is 17.7 Å². The fourth-order valence-corrected chi connectivity index (χ4v) is 2.88. The summed E-state index contributed by atoms with van der Waals surface area (Å²) in [6.07, 6.45) is 6.64. The van der Waals surface area contributed by atoms with Crippen molar-refractivity contribution >= 4 is 5.95 Å². The lowest BCUT2D eigenvalue weighted by atomic mass is 10.1. The van der Waals surface area contributed by atoms with Crippen LogP contribution in [0.5, 0.6) is 0 Å². The van der Waals surface area contributed by atoms with E-state index < -0.39 is 0 Å².